The van der Waals surface area contributed by atoms with Gasteiger partial charge in [-0.3, -0.25) is 9.48 Å². The van der Waals surface area contributed by atoms with E-state index < -0.39 is 0 Å². The molecule has 2 aromatic heterocycles. The van der Waals surface area contributed by atoms with Crippen LogP contribution < -0.4 is 5.32 Å². The number of nitrogens with one attached hydrogen (secondary N) is 1. The minimum atomic E-state index is -0.243. The fourth-order valence-corrected chi connectivity index (χ4v) is 3.08. The Hall–Kier alpha value is -1.80. The molecule has 8 heteroatoms. The molecule has 1 aliphatic heterocycles. The smallest absolute Gasteiger partial charge is 0.232 e. The molecule has 112 valence electrons. The zero-order valence-corrected chi connectivity index (χ0v) is 13.0. The fourth-order valence-electron chi connectivity index (χ4n) is 2.51. The molecule has 1 amide bonds. The first-order valence-corrected chi connectivity index (χ1v) is 7.55. The third-order valence-electron chi connectivity index (χ3n) is 3.77. The second-order valence-electron chi connectivity index (χ2n) is 5.13. The van der Waals surface area contributed by atoms with Crippen molar-refractivity contribution in [1.82, 2.24) is 19.1 Å². The lowest BCUT2D eigenvalue weighted by atomic mass is 9.95. The molecular formula is C13H17N5O2S. The molecule has 0 unspecified atom stereocenters. The van der Waals surface area contributed by atoms with Gasteiger partial charge in [-0.05, 0) is 20.3 Å². The summed E-state index contributed by atoms with van der Waals surface area (Å²) in [5.74, 6) is 0.367. The number of rotatable bonds is 3. The van der Waals surface area contributed by atoms with E-state index >= 15 is 0 Å². The minimum Gasteiger partial charge on any atom is -0.373 e. The maximum atomic E-state index is 12.4. The van der Waals surface area contributed by atoms with E-state index in [1.165, 1.54) is 11.5 Å². The van der Waals surface area contributed by atoms with Crippen molar-refractivity contribution in [2.45, 2.75) is 26.4 Å². The number of carbonyl (C=O) groups excluding carboxylic acids is 1. The lowest BCUT2D eigenvalue weighted by Crippen LogP contribution is -2.25. The van der Waals surface area contributed by atoms with Crippen LogP contribution in [0.15, 0.2) is 6.20 Å². The van der Waals surface area contributed by atoms with Crippen LogP contribution in [0.5, 0.6) is 0 Å². The third kappa shape index (κ3) is 2.68. The van der Waals surface area contributed by atoms with E-state index in [9.17, 15) is 4.79 Å². The third-order valence-corrected chi connectivity index (χ3v) is 4.49. The highest BCUT2D eigenvalue weighted by Crippen LogP contribution is 2.36. The van der Waals surface area contributed by atoms with Gasteiger partial charge in [0.1, 0.15) is 5.82 Å². The van der Waals surface area contributed by atoms with Crippen LogP contribution in [0.3, 0.4) is 0 Å². The number of amides is 1. The van der Waals surface area contributed by atoms with Crippen molar-refractivity contribution in [1.29, 1.82) is 0 Å². The zero-order chi connectivity index (χ0) is 15.0. The van der Waals surface area contributed by atoms with Gasteiger partial charge >= 0.3 is 0 Å². The molecule has 0 radical (unpaired) electrons. The molecule has 0 aromatic carbocycles. The molecule has 1 saturated heterocycles. The van der Waals surface area contributed by atoms with E-state index in [1.807, 2.05) is 14.0 Å². The summed E-state index contributed by atoms with van der Waals surface area (Å²) in [5, 5.41) is 7.59. The van der Waals surface area contributed by atoms with E-state index in [2.05, 4.69) is 19.8 Å². The monoisotopic (exact) mass is 307 g/mol. The van der Waals surface area contributed by atoms with Crippen molar-refractivity contribution in [2.75, 3.05) is 11.9 Å². The SMILES string of the molecule is Cc1nsc(NC(=O)[C@H]2CCO[C@@H]2c2cnn(C)c2C)n1. The zero-order valence-electron chi connectivity index (χ0n) is 12.2. The van der Waals surface area contributed by atoms with Gasteiger partial charge < -0.3 is 10.1 Å². The van der Waals surface area contributed by atoms with Crippen molar-refractivity contribution in [3.8, 4) is 0 Å². The Bertz CT molecular complexity index is 665. The first-order chi connectivity index (χ1) is 10.1. The summed E-state index contributed by atoms with van der Waals surface area (Å²) in [7, 11) is 1.88. The molecule has 21 heavy (non-hydrogen) atoms. The number of nitrogens with zero attached hydrogens (tertiary/aromatic N) is 4. The number of aromatic nitrogens is 4. The van der Waals surface area contributed by atoms with Gasteiger partial charge in [-0.25, -0.2) is 4.98 Å². The number of ether oxygens (including phenoxy) is 1. The van der Waals surface area contributed by atoms with Crippen LogP contribution in [0.25, 0.3) is 0 Å². The molecule has 1 fully saturated rings. The molecule has 3 heterocycles. The van der Waals surface area contributed by atoms with Crippen LogP contribution in [-0.2, 0) is 16.6 Å². The summed E-state index contributed by atoms with van der Waals surface area (Å²) < 4.78 is 11.6. The molecule has 2 atom stereocenters. The molecule has 0 bridgehead atoms. The average Bonchev–Trinajstić information content (AvgIpc) is 3.13. The molecule has 3 rings (SSSR count). The number of carbonyl (C=O) groups is 1. The van der Waals surface area contributed by atoms with Crippen LogP contribution in [0.4, 0.5) is 5.13 Å². The van der Waals surface area contributed by atoms with Gasteiger partial charge in [-0.15, -0.1) is 0 Å². The first-order valence-electron chi connectivity index (χ1n) is 6.77. The second kappa shape index (κ2) is 5.53. The van der Waals surface area contributed by atoms with Crippen LogP contribution in [0, 0.1) is 19.8 Å². The van der Waals surface area contributed by atoms with E-state index in [1.54, 1.807) is 17.8 Å². The van der Waals surface area contributed by atoms with E-state index in [4.69, 9.17) is 4.74 Å². The molecule has 1 aliphatic rings. The van der Waals surface area contributed by atoms with Crippen molar-refractivity contribution < 1.29 is 9.53 Å². The highest BCUT2D eigenvalue weighted by Gasteiger charge is 2.37. The Balaban J connectivity index is 1.77. The van der Waals surface area contributed by atoms with E-state index in [-0.39, 0.29) is 17.9 Å². The lowest BCUT2D eigenvalue weighted by molar-refractivity contribution is -0.121. The normalized spacial score (nSPS) is 21.7. The fraction of sp³-hybridized carbons (Fsp3) is 0.538. The predicted octanol–water partition coefficient (Wildman–Crippen LogP) is 1.60. The Labute approximate surface area is 126 Å². The van der Waals surface area contributed by atoms with Gasteiger partial charge in [-0.1, -0.05) is 0 Å². The van der Waals surface area contributed by atoms with Crippen LogP contribution in [0.1, 0.15) is 29.6 Å². The van der Waals surface area contributed by atoms with Crippen molar-refractivity contribution in [3.63, 3.8) is 0 Å². The van der Waals surface area contributed by atoms with Gasteiger partial charge in [0.15, 0.2) is 0 Å². The number of anilines is 1. The van der Waals surface area contributed by atoms with Gasteiger partial charge in [0, 0.05) is 36.4 Å². The van der Waals surface area contributed by atoms with Crippen molar-refractivity contribution in [3.05, 3.63) is 23.3 Å². The summed E-state index contributed by atoms with van der Waals surface area (Å²) >= 11 is 1.19. The summed E-state index contributed by atoms with van der Waals surface area (Å²) in [5.41, 5.74) is 2.00. The Morgan fingerprint density at radius 1 is 1.52 bits per heavy atom. The molecule has 7 nitrogen and oxygen atoms in total. The largest absolute Gasteiger partial charge is 0.373 e. The topological polar surface area (TPSA) is 81.9 Å². The quantitative estimate of drug-likeness (QED) is 0.931. The van der Waals surface area contributed by atoms with Gasteiger partial charge in [0.05, 0.1) is 18.2 Å². The van der Waals surface area contributed by atoms with E-state index in [0.29, 0.717) is 24.0 Å². The van der Waals surface area contributed by atoms with Gasteiger partial charge in [0.25, 0.3) is 0 Å². The average molecular weight is 307 g/mol. The molecular weight excluding hydrogens is 290 g/mol. The molecule has 0 spiro atoms. The van der Waals surface area contributed by atoms with E-state index in [0.717, 1.165) is 11.3 Å². The van der Waals surface area contributed by atoms with Gasteiger partial charge in [0.2, 0.25) is 11.0 Å². The lowest BCUT2D eigenvalue weighted by Gasteiger charge is -2.17. The Kier molecular flexibility index (Phi) is 3.73. The summed E-state index contributed by atoms with van der Waals surface area (Å²) in [6.07, 6.45) is 2.23. The maximum Gasteiger partial charge on any atom is 0.232 e. The molecule has 0 saturated carbocycles. The van der Waals surface area contributed by atoms with Crippen molar-refractivity contribution >= 4 is 22.6 Å². The van der Waals surface area contributed by atoms with Crippen molar-refractivity contribution in [2.24, 2.45) is 13.0 Å². The predicted molar refractivity (Wildman–Crippen MR) is 78.0 cm³/mol. The van der Waals surface area contributed by atoms with Crippen LogP contribution in [0.2, 0.25) is 0 Å². The van der Waals surface area contributed by atoms with Crippen LogP contribution in [-0.4, -0.2) is 31.7 Å². The highest BCUT2D eigenvalue weighted by atomic mass is 32.1. The Morgan fingerprint density at radius 3 is 2.95 bits per heavy atom. The first kappa shape index (κ1) is 14.2. The summed E-state index contributed by atoms with van der Waals surface area (Å²) in [4.78, 5) is 16.6. The number of hydrogen-bond donors (Lipinski definition) is 1. The molecule has 2 aromatic rings. The molecule has 1 N–H and O–H groups in total. The van der Waals surface area contributed by atoms with Crippen LogP contribution >= 0.6 is 11.5 Å². The second-order valence-corrected chi connectivity index (χ2v) is 5.88. The maximum absolute atomic E-state index is 12.4. The summed E-state index contributed by atoms with van der Waals surface area (Å²) in [6, 6.07) is 0. The number of hydrogen-bond acceptors (Lipinski definition) is 6. The van der Waals surface area contributed by atoms with Gasteiger partial charge in [-0.2, -0.15) is 9.47 Å². The standard InChI is InChI=1S/C13H17N5O2S/c1-7-10(6-14-18(7)3)11-9(4-5-20-11)12(19)16-13-15-8(2)17-21-13/h6,9,11H,4-5H2,1-3H3,(H,15,16,17,19)/t9-,11-/m0/s1. The molecule has 0 aliphatic carbocycles. The minimum absolute atomic E-state index is 0.0723. The Morgan fingerprint density at radius 2 is 2.33 bits per heavy atom. The summed E-state index contributed by atoms with van der Waals surface area (Å²) in [6.45, 7) is 4.35. The number of aryl methyl sites for hydroxylation is 2. The highest BCUT2D eigenvalue weighted by molar-refractivity contribution is 7.09.